The fourth-order valence-electron chi connectivity index (χ4n) is 5.87. The van der Waals surface area contributed by atoms with Gasteiger partial charge in [-0.3, -0.25) is 9.36 Å². The molecule has 0 radical (unpaired) electrons. The van der Waals surface area contributed by atoms with Crippen molar-refractivity contribution in [1.29, 1.82) is 0 Å². The third kappa shape index (κ3) is 4.86. The first-order valence-electron chi connectivity index (χ1n) is 14.8. The predicted molar refractivity (Wildman–Crippen MR) is 182 cm³/mol. The summed E-state index contributed by atoms with van der Waals surface area (Å²) in [5.74, 6) is 1.86. The highest BCUT2D eigenvalue weighted by atomic mass is 16.1. The fraction of sp³-hybridized carbons (Fsp3) is 0. The standard InChI is InChI=1S/C40H26N4O/c45-40-34-22-11-10-21-33(34)35-26-30(23-24-36(35)44(40)32-19-8-3-9-20-32)29-17-12-18-31(25-29)39-42-37(27-13-4-1-5-14-27)41-38(43-39)28-15-6-2-7-16-28/h1-26H. The lowest BCUT2D eigenvalue weighted by molar-refractivity contribution is 1.06. The minimum absolute atomic E-state index is 0.0303. The molecule has 2 heterocycles. The third-order valence-corrected chi connectivity index (χ3v) is 8.06. The Labute approximate surface area is 259 Å². The van der Waals surface area contributed by atoms with Crippen LogP contribution in [0, 0.1) is 0 Å². The molecule has 0 N–H and O–H groups in total. The summed E-state index contributed by atoms with van der Waals surface area (Å²) in [6.45, 7) is 0. The van der Waals surface area contributed by atoms with Crippen molar-refractivity contribution in [3.05, 3.63) is 168 Å². The summed E-state index contributed by atoms with van der Waals surface area (Å²) in [7, 11) is 0. The average Bonchev–Trinajstić information content (AvgIpc) is 3.13. The molecule has 0 unspecified atom stereocenters. The van der Waals surface area contributed by atoms with E-state index in [2.05, 4.69) is 24.3 Å². The lowest BCUT2D eigenvalue weighted by Crippen LogP contribution is -2.19. The number of pyridine rings is 1. The normalized spacial score (nSPS) is 11.2. The van der Waals surface area contributed by atoms with E-state index in [1.54, 1.807) is 4.57 Å². The van der Waals surface area contributed by atoms with Crippen molar-refractivity contribution in [3.63, 3.8) is 0 Å². The number of para-hydroxylation sites is 1. The Kier molecular flexibility index (Phi) is 6.54. The molecule has 8 aromatic rings. The number of hydrogen-bond acceptors (Lipinski definition) is 4. The van der Waals surface area contributed by atoms with Crippen molar-refractivity contribution in [2.24, 2.45) is 0 Å². The van der Waals surface area contributed by atoms with Gasteiger partial charge in [0.2, 0.25) is 0 Å². The monoisotopic (exact) mass is 578 g/mol. The molecule has 6 aromatic carbocycles. The largest absolute Gasteiger partial charge is 0.276 e. The molecule has 0 amide bonds. The van der Waals surface area contributed by atoms with E-state index in [0.717, 1.165) is 49.8 Å². The van der Waals surface area contributed by atoms with Gasteiger partial charge in [0.25, 0.3) is 5.56 Å². The number of rotatable bonds is 5. The maximum absolute atomic E-state index is 13.7. The Morgan fingerprint density at radius 1 is 0.378 bits per heavy atom. The second-order valence-electron chi connectivity index (χ2n) is 10.9. The molecule has 0 fully saturated rings. The first-order chi connectivity index (χ1) is 22.2. The van der Waals surface area contributed by atoms with Crippen molar-refractivity contribution in [2.75, 3.05) is 0 Å². The molecule has 0 saturated carbocycles. The van der Waals surface area contributed by atoms with Gasteiger partial charge in [-0.15, -0.1) is 0 Å². The fourth-order valence-corrected chi connectivity index (χ4v) is 5.87. The quantitative estimate of drug-likeness (QED) is 0.191. The molecule has 2 aromatic heterocycles. The van der Waals surface area contributed by atoms with Gasteiger partial charge in [0.05, 0.1) is 5.52 Å². The van der Waals surface area contributed by atoms with E-state index in [1.807, 2.05) is 133 Å². The lowest BCUT2D eigenvalue weighted by Gasteiger charge is -2.15. The van der Waals surface area contributed by atoms with Crippen molar-refractivity contribution in [2.45, 2.75) is 0 Å². The molecule has 0 aliphatic carbocycles. The third-order valence-electron chi connectivity index (χ3n) is 8.06. The topological polar surface area (TPSA) is 60.7 Å². The summed E-state index contributed by atoms with van der Waals surface area (Å²) < 4.78 is 1.80. The molecule has 45 heavy (non-hydrogen) atoms. The van der Waals surface area contributed by atoms with Gasteiger partial charge < -0.3 is 0 Å². The van der Waals surface area contributed by atoms with E-state index >= 15 is 0 Å². The van der Waals surface area contributed by atoms with Crippen molar-refractivity contribution >= 4 is 21.7 Å². The maximum Gasteiger partial charge on any atom is 0.263 e. The van der Waals surface area contributed by atoms with Crippen molar-refractivity contribution in [1.82, 2.24) is 19.5 Å². The highest BCUT2D eigenvalue weighted by molar-refractivity contribution is 6.07. The zero-order valence-electron chi connectivity index (χ0n) is 24.2. The summed E-state index contributed by atoms with van der Waals surface area (Å²) >= 11 is 0. The van der Waals surface area contributed by atoms with Gasteiger partial charge in [0, 0.05) is 33.2 Å². The minimum Gasteiger partial charge on any atom is -0.276 e. The predicted octanol–water partition coefficient (Wildman–Crippen LogP) is 9.00. The molecule has 5 nitrogen and oxygen atoms in total. The maximum atomic E-state index is 13.7. The van der Waals surface area contributed by atoms with Crippen molar-refractivity contribution in [3.8, 4) is 51.0 Å². The zero-order valence-corrected chi connectivity index (χ0v) is 24.2. The lowest BCUT2D eigenvalue weighted by atomic mass is 9.98. The molecule has 0 spiro atoms. The molecule has 8 rings (SSSR count). The van der Waals surface area contributed by atoms with Crippen LogP contribution in [0.15, 0.2) is 163 Å². The molecule has 5 heteroatoms. The summed E-state index contributed by atoms with van der Waals surface area (Å²) in [6, 6.07) is 52.2. The molecule has 0 aliphatic rings. The first kappa shape index (κ1) is 26.4. The molecule has 0 aliphatic heterocycles. The van der Waals surface area contributed by atoms with E-state index in [-0.39, 0.29) is 5.56 Å². The molecule has 0 saturated heterocycles. The van der Waals surface area contributed by atoms with Gasteiger partial charge >= 0.3 is 0 Å². The zero-order chi connectivity index (χ0) is 30.2. The Morgan fingerprint density at radius 2 is 0.867 bits per heavy atom. The van der Waals surface area contributed by atoms with Gasteiger partial charge in [-0.1, -0.05) is 121 Å². The van der Waals surface area contributed by atoms with Crippen LogP contribution in [-0.4, -0.2) is 19.5 Å². The van der Waals surface area contributed by atoms with Crippen LogP contribution in [0.4, 0.5) is 0 Å². The number of nitrogens with zero attached hydrogens (tertiary/aromatic N) is 4. The number of benzene rings is 6. The van der Waals surface area contributed by atoms with Gasteiger partial charge in [0.15, 0.2) is 17.5 Å². The summed E-state index contributed by atoms with van der Waals surface area (Å²) in [5.41, 5.74) is 6.49. The second-order valence-corrected chi connectivity index (χ2v) is 10.9. The van der Waals surface area contributed by atoms with E-state index < -0.39 is 0 Å². The number of aromatic nitrogens is 4. The first-order valence-corrected chi connectivity index (χ1v) is 14.8. The van der Waals surface area contributed by atoms with Crippen LogP contribution < -0.4 is 5.56 Å². The van der Waals surface area contributed by atoms with Crippen LogP contribution in [0.25, 0.3) is 72.7 Å². The highest BCUT2D eigenvalue weighted by Gasteiger charge is 2.15. The summed E-state index contributed by atoms with van der Waals surface area (Å²) in [5, 5.41) is 2.63. The summed E-state index contributed by atoms with van der Waals surface area (Å²) in [6.07, 6.45) is 0. The Hall–Kier alpha value is -6.20. The molecule has 212 valence electrons. The van der Waals surface area contributed by atoms with E-state index in [0.29, 0.717) is 22.9 Å². The van der Waals surface area contributed by atoms with E-state index in [4.69, 9.17) is 15.0 Å². The smallest absolute Gasteiger partial charge is 0.263 e. The van der Waals surface area contributed by atoms with Crippen LogP contribution >= 0.6 is 0 Å². The van der Waals surface area contributed by atoms with Crippen LogP contribution in [0.3, 0.4) is 0 Å². The average molecular weight is 579 g/mol. The van der Waals surface area contributed by atoms with E-state index in [1.165, 1.54) is 0 Å². The van der Waals surface area contributed by atoms with E-state index in [9.17, 15) is 4.79 Å². The van der Waals surface area contributed by atoms with Crippen LogP contribution in [0.1, 0.15) is 0 Å². The second kappa shape index (κ2) is 11.1. The van der Waals surface area contributed by atoms with Gasteiger partial charge in [0.1, 0.15) is 0 Å². The molecule has 0 bridgehead atoms. The van der Waals surface area contributed by atoms with Crippen molar-refractivity contribution < 1.29 is 0 Å². The molecular weight excluding hydrogens is 552 g/mol. The van der Waals surface area contributed by atoms with Gasteiger partial charge in [-0.25, -0.2) is 15.0 Å². The molecular formula is C40H26N4O. The Balaban J connectivity index is 1.29. The SMILES string of the molecule is O=c1c2ccccc2c2cc(-c3cccc(-c4nc(-c5ccccc5)nc(-c5ccccc5)n4)c3)ccc2n1-c1ccccc1. The molecule has 0 atom stereocenters. The van der Waals surface area contributed by atoms with Gasteiger partial charge in [-0.05, 0) is 52.9 Å². The number of fused-ring (bicyclic) bond motifs is 3. The minimum atomic E-state index is -0.0303. The van der Waals surface area contributed by atoms with Crippen LogP contribution in [0.5, 0.6) is 0 Å². The highest BCUT2D eigenvalue weighted by Crippen LogP contribution is 2.32. The van der Waals surface area contributed by atoms with Crippen LogP contribution in [0.2, 0.25) is 0 Å². The number of hydrogen-bond donors (Lipinski definition) is 0. The summed E-state index contributed by atoms with van der Waals surface area (Å²) in [4.78, 5) is 28.4. The Morgan fingerprint density at radius 3 is 1.51 bits per heavy atom. The van der Waals surface area contributed by atoms with Crippen LogP contribution in [-0.2, 0) is 0 Å². The Bertz CT molecular complexity index is 2330. The van der Waals surface area contributed by atoms with Gasteiger partial charge in [-0.2, -0.15) is 0 Å².